The van der Waals surface area contributed by atoms with Crippen LogP contribution in [0.15, 0.2) is 77.7 Å². The second kappa shape index (κ2) is 10.7. The van der Waals surface area contributed by atoms with E-state index in [9.17, 15) is 13.2 Å². The van der Waals surface area contributed by atoms with Crippen LogP contribution >= 0.6 is 0 Å². The maximum absolute atomic E-state index is 12.6. The predicted octanol–water partition coefficient (Wildman–Crippen LogP) is 4.21. The van der Waals surface area contributed by atoms with Crippen LogP contribution in [-0.4, -0.2) is 27.5 Å². The summed E-state index contributed by atoms with van der Waals surface area (Å²) >= 11 is 0. The van der Waals surface area contributed by atoms with Crippen LogP contribution in [0.3, 0.4) is 0 Å². The van der Waals surface area contributed by atoms with Crippen molar-refractivity contribution in [2.45, 2.75) is 25.3 Å². The molecular weight excluding hydrogens is 428 g/mol. The summed E-state index contributed by atoms with van der Waals surface area (Å²) in [6.07, 6.45) is 0. The van der Waals surface area contributed by atoms with Gasteiger partial charge in [-0.05, 0) is 80.1 Å². The molecule has 3 aromatic rings. The molecule has 168 valence electrons. The zero-order valence-corrected chi connectivity index (χ0v) is 18.8. The molecular formula is C24H26N2O5S. The van der Waals surface area contributed by atoms with Gasteiger partial charge in [0.2, 0.25) is 0 Å². The normalized spacial score (nSPS) is 10.9. The first-order valence-electron chi connectivity index (χ1n) is 10.3. The summed E-state index contributed by atoms with van der Waals surface area (Å²) < 4.78 is 38.5. The third kappa shape index (κ3) is 6.24. The molecule has 0 aliphatic heterocycles. The lowest BCUT2D eigenvalue weighted by molar-refractivity contribution is 0.0951. The van der Waals surface area contributed by atoms with Crippen molar-refractivity contribution in [3.63, 3.8) is 0 Å². The Hall–Kier alpha value is -3.52. The molecule has 0 radical (unpaired) electrons. The number of carbonyl (C=O) groups excluding carboxylic acids is 1. The molecule has 0 aromatic heterocycles. The van der Waals surface area contributed by atoms with Gasteiger partial charge in [0.25, 0.3) is 15.9 Å². The molecule has 0 unspecified atom stereocenters. The molecule has 32 heavy (non-hydrogen) atoms. The summed E-state index contributed by atoms with van der Waals surface area (Å²) in [5.74, 6) is 1.10. The van der Waals surface area contributed by atoms with Gasteiger partial charge in [0, 0.05) is 17.8 Å². The van der Waals surface area contributed by atoms with Crippen molar-refractivity contribution in [3.8, 4) is 11.5 Å². The van der Waals surface area contributed by atoms with Gasteiger partial charge in [-0.25, -0.2) is 8.42 Å². The Morgan fingerprint density at radius 1 is 0.844 bits per heavy atom. The third-order valence-electron chi connectivity index (χ3n) is 4.51. The quantitative estimate of drug-likeness (QED) is 0.479. The molecule has 2 N–H and O–H groups in total. The number of hydrogen-bond acceptors (Lipinski definition) is 5. The Bertz CT molecular complexity index is 1140. The molecule has 1 amide bonds. The fraction of sp³-hybridized carbons (Fsp3) is 0.208. The van der Waals surface area contributed by atoms with Crippen LogP contribution in [0.4, 0.5) is 5.69 Å². The van der Waals surface area contributed by atoms with E-state index >= 15 is 0 Å². The third-order valence-corrected chi connectivity index (χ3v) is 5.90. The van der Waals surface area contributed by atoms with Gasteiger partial charge < -0.3 is 14.8 Å². The molecule has 0 atom stereocenters. The van der Waals surface area contributed by atoms with Crippen LogP contribution in [0.2, 0.25) is 0 Å². The average molecular weight is 455 g/mol. The minimum atomic E-state index is -3.75. The highest BCUT2D eigenvalue weighted by molar-refractivity contribution is 7.92. The molecule has 8 heteroatoms. The van der Waals surface area contributed by atoms with E-state index in [2.05, 4.69) is 10.0 Å². The Labute approximate surface area is 188 Å². The fourth-order valence-electron chi connectivity index (χ4n) is 2.98. The second-order valence-electron chi connectivity index (χ2n) is 6.85. The number of anilines is 1. The fourth-order valence-corrected chi connectivity index (χ4v) is 4.04. The van der Waals surface area contributed by atoms with Crippen LogP contribution in [0.5, 0.6) is 11.5 Å². The lowest BCUT2D eigenvalue weighted by Gasteiger charge is -2.10. The van der Waals surface area contributed by atoms with Crippen LogP contribution in [0.1, 0.15) is 29.8 Å². The Kier molecular flexibility index (Phi) is 7.72. The molecule has 0 saturated heterocycles. The van der Waals surface area contributed by atoms with E-state index in [1.165, 1.54) is 12.1 Å². The molecule has 0 bridgehead atoms. The highest BCUT2D eigenvalue weighted by atomic mass is 32.2. The van der Waals surface area contributed by atoms with Crippen molar-refractivity contribution < 1.29 is 22.7 Å². The van der Waals surface area contributed by atoms with E-state index in [0.717, 1.165) is 11.3 Å². The number of benzene rings is 3. The zero-order valence-electron chi connectivity index (χ0n) is 18.0. The maximum Gasteiger partial charge on any atom is 0.261 e. The highest BCUT2D eigenvalue weighted by Gasteiger charge is 2.15. The van der Waals surface area contributed by atoms with E-state index in [1.54, 1.807) is 36.4 Å². The van der Waals surface area contributed by atoms with Crippen molar-refractivity contribution in [2.75, 3.05) is 17.9 Å². The molecule has 0 saturated carbocycles. The first-order valence-corrected chi connectivity index (χ1v) is 11.7. The van der Waals surface area contributed by atoms with E-state index in [1.807, 2.05) is 38.1 Å². The van der Waals surface area contributed by atoms with Gasteiger partial charge in [-0.2, -0.15) is 0 Å². The Morgan fingerprint density at radius 2 is 1.50 bits per heavy atom. The van der Waals surface area contributed by atoms with Crippen molar-refractivity contribution in [1.29, 1.82) is 0 Å². The molecule has 3 rings (SSSR count). The molecule has 0 aliphatic carbocycles. The van der Waals surface area contributed by atoms with Crippen molar-refractivity contribution in [2.24, 2.45) is 0 Å². The SMILES string of the molecule is CCOc1ccc(S(=O)(=O)Nc2ccc(C(=O)NCc3cccc(OCC)c3)cc2)cc1. The number of carbonyl (C=O) groups is 1. The van der Waals surface area contributed by atoms with Gasteiger partial charge in [-0.15, -0.1) is 0 Å². The average Bonchev–Trinajstić information content (AvgIpc) is 2.79. The maximum atomic E-state index is 12.6. The van der Waals surface area contributed by atoms with Crippen LogP contribution < -0.4 is 19.5 Å². The largest absolute Gasteiger partial charge is 0.494 e. The zero-order chi connectivity index (χ0) is 23.0. The highest BCUT2D eigenvalue weighted by Crippen LogP contribution is 2.20. The predicted molar refractivity (Wildman–Crippen MR) is 124 cm³/mol. The number of rotatable bonds is 10. The number of ether oxygens (including phenoxy) is 2. The minimum absolute atomic E-state index is 0.122. The summed E-state index contributed by atoms with van der Waals surface area (Å²) in [5.41, 5.74) is 1.71. The monoisotopic (exact) mass is 454 g/mol. The first kappa shape index (κ1) is 23.1. The number of nitrogens with one attached hydrogen (secondary N) is 2. The first-order chi connectivity index (χ1) is 15.4. The second-order valence-corrected chi connectivity index (χ2v) is 8.53. The van der Waals surface area contributed by atoms with Crippen molar-refractivity contribution >= 4 is 21.6 Å². The molecule has 0 spiro atoms. The van der Waals surface area contributed by atoms with Crippen LogP contribution in [0.25, 0.3) is 0 Å². The smallest absolute Gasteiger partial charge is 0.261 e. The molecule has 7 nitrogen and oxygen atoms in total. The van der Waals surface area contributed by atoms with Crippen LogP contribution in [0, 0.1) is 0 Å². The number of amides is 1. The molecule has 0 aliphatic rings. The molecule has 0 fully saturated rings. The van der Waals surface area contributed by atoms with E-state index in [4.69, 9.17) is 9.47 Å². The summed E-state index contributed by atoms with van der Waals surface area (Å²) in [4.78, 5) is 12.6. The summed E-state index contributed by atoms with van der Waals surface area (Å²) in [7, 11) is -3.75. The number of hydrogen-bond donors (Lipinski definition) is 2. The van der Waals surface area contributed by atoms with Crippen molar-refractivity contribution in [3.05, 3.63) is 83.9 Å². The van der Waals surface area contributed by atoms with Gasteiger partial charge in [0.1, 0.15) is 11.5 Å². The Balaban J connectivity index is 1.60. The van der Waals surface area contributed by atoms with E-state index in [-0.39, 0.29) is 10.8 Å². The van der Waals surface area contributed by atoms with Gasteiger partial charge in [0.15, 0.2) is 0 Å². The summed E-state index contributed by atoms with van der Waals surface area (Å²) in [6.45, 7) is 5.20. The van der Waals surface area contributed by atoms with Crippen LogP contribution in [-0.2, 0) is 16.6 Å². The Morgan fingerprint density at radius 3 is 2.16 bits per heavy atom. The number of sulfonamides is 1. The van der Waals surface area contributed by atoms with Gasteiger partial charge in [0.05, 0.1) is 18.1 Å². The molecule has 0 heterocycles. The molecule has 3 aromatic carbocycles. The summed E-state index contributed by atoms with van der Waals surface area (Å²) in [6, 6.07) is 19.9. The van der Waals surface area contributed by atoms with Gasteiger partial charge >= 0.3 is 0 Å². The van der Waals surface area contributed by atoms with E-state index in [0.29, 0.717) is 36.8 Å². The topological polar surface area (TPSA) is 93.7 Å². The van der Waals surface area contributed by atoms with Crippen molar-refractivity contribution in [1.82, 2.24) is 5.32 Å². The lowest BCUT2D eigenvalue weighted by atomic mass is 10.1. The van der Waals surface area contributed by atoms with Gasteiger partial charge in [-0.3, -0.25) is 9.52 Å². The minimum Gasteiger partial charge on any atom is -0.494 e. The standard InChI is InChI=1S/C24H26N2O5S/c1-3-30-21-12-14-23(15-13-21)32(28,29)26-20-10-8-19(9-11-20)24(27)25-17-18-6-5-7-22(16-18)31-4-2/h5-16,26H,3-4,17H2,1-2H3,(H,25,27). The van der Waals surface area contributed by atoms with Gasteiger partial charge in [-0.1, -0.05) is 12.1 Å². The summed E-state index contributed by atoms with van der Waals surface area (Å²) in [5, 5.41) is 2.85. The van der Waals surface area contributed by atoms with E-state index < -0.39 is 10.0 Å². The lowest BCUT2D eigenvalue weighted by Crippen LogP contribution is -2.22.